The minimum Gasteiger partial charge on any atom is -0.508 e. The lowest BCUT2D eigenvalue weighted by molar-refractivity contribution is -0.144. The van der Waals surface area contributed by atoms with Gasteiger partial charge in [0.2, 0.25) is 23.6 Å². The van der Waals surface area contributed by atoms with Crippen LogP contribution in [0.25, 0.3) is 0 Å². The Balaban J connectivity index is 3.00. The number of aromatic hydroxyl groups is 1. The number of aliphatic carboxylic acids is 3. The number of carboxylic acids is 3. The van der Waals surface area contributed by atoms with Crippen molar-refractivity contribution in [3.63, 3.8) is 0 Å². The van der Waals surface area contributed by atoms with Gasteiger partial charge >= 0.3 is 17.9 Å². The molecule has 0 fully saturated rings. The molecule has 0 aliphatic rings. The molecule has 45 heavy (non-hydrogen) atoms. The number of amides is 4. The minimum atomic E-state index is -1.74. The topological polar surface area (TPSA) is 339 Å². The molecule has 19 nitrogen and oxygen atoms in total. The van der Waals surface area contributed by atoms with E-state index in [4.69, 9.17) is 22.3 Å². The second-order valence-corrected chi connectivity index (χ2v) is 9.75. The standard InChI is InChI=1S/C26H38N8O11/c27-15(2-1-9-30-26(28)29)22(41)31-12-19(36)32-18(11-21(39)40)24(43)34-17(10-13-3-5-14(35)6-4-13)23(42)33-16(25(44)45)7-8-20(37)38/h3-6,15-18,35H,1-2,7-12,27H2,(H,31,41)(H,32,36)(H,33,42)(H,34,43)(H,37,38)(H,39,40)(H,44,45)(H4,28,29,30)/t15-,16-,17+,18-/m0/s1. The highest BCUT2D eigenvalue weighted by molar-refractivity contribution is 5.96. The number of hydrogen-bond acceptors (Lipinski definition) is 10. The zero-order valence-corrected chi connectivity index (χ0v) is 24.1. The normalized spacial score (nSPS) is 13.2. The molecule has 1 aromatic carbocycles. The lowest BCUT2D eigenvalue weighted by Gasteiger charge is -2.24. The van der Waals surface area contributed by atoms with E-state index < -0.39 is 91.5 Å². The van der Waals surface area contributed by atoms with Crippen LogP contribution in [-0.4, -0.2) is 105 Å². The molecular weight excluding hydrogens is 600 g/mol. The lowest BCUT2D eigenvalue weighted by atomic mass is 10.0. The van der Waals surface area contributed by atoms with E-state index in [2.05, 4.69) is 26.3 Å². The summed E-state index contributed by atoms with van der Waals surface area (Å²) in [4.78, 5) is 88.6. The third-order valence-corrected chi connectivity index (χ3v) is 6.03. The summed E-state index contributed by atoms with van der Waals surface area (Å²) in [6.07, 6.45) is -1.71. The number of carbonyl (C=O) groups excluding carboxylic acids is 4. The molecule has 1 aromatic rings. The molecule has 4 amide bonds. The summed E-state index contributed by atoms with van der Waals surface area (Å²) < 4.78 is 0. The average Bonchev–Trinajstić information content (AvgIpc) is 2.95. The number of nitrogens with one attached hydrogen (secondary N) is 4. The maximum Gasteiger partial charge on any atom is 0.326 e. The van der Waals surface area contributed by atoms with E-state index in [1.54, 1.807) is 0 Å². The molecule has 0 heterocycles. The van der Waals surface area contributed by atoms with Gasteiger partial charge in [-0.2, -0.15) is 0 Å². The third kappa shape index (κ3) is 15.5. The number of phenolic OH excluding ortho intramolecular Hbond substituents is 1. The van der Waals surface area contributed by atoms with Crippen molar-refractivity contribution in [2.24, 2.45) is 22.2 Å². The van der Waals surface area contributed by atoms with Gasteiger partial charge in [-0.15, -0.1) is 0 Å². The maximum absolute atomic E-state index is 13.1. The van der Waals surface area contributed by atoms with Crippen molar-refractivity contribution in [3.8, 4) is 5.75 Å². The molecule has 14 N–H and O–H groups in total. The number of guanidine groups is 1. The second kappa shape index (κ2) is 18.9. The molecule has 1 rings (SSSR count). The minimum absolute atomic E-state index is 0.105. The van der Waals surface area contributed by atoms with Crippen LogP contribution >= 0.6 is 0 Å². The second-order valence-electron chi connectivity index (χ2n) is 9.75. The third-order valence-electron chi connectivity index (χ3n) is 6.03. The van der Waals surface area contributed by atoms with Crippen LogP contribution in [-0.2, 0) is 40.0 Å². The Morgan fingerprint density at radius 2 is 1.38 bits per heavy atom. The van der Waals surface area contributed by atoms with Gasteiger partial charge in [0.1, 0.15) is 23.9 Å². The summed E-state index contributed by atoms with van der Waals surface area (Å²) in [6.45, 7) is -0.452. The van der Waals surface area contributed by atoms with Crippen molar-refractivity contribution in [1.82, 2.24) is 21.3 Å². The first-order valence-corrected chi connectivity index (χ1v) is 13.5. The van der Waals surface area contributed by atoms with E-state index in [0.29, 0.717) is 12.0 Å². The van der Waals surface area contributed by atoms with E-state index in [-0.39, 0.29) is 31.1 Å². The molecule has 0 aromatic heterocycles. The smallest absolute Gasteiger partial charge is 0.326 e. The predicted octanol–water partition coefficient (Wildman–Crippen LogP) is -3.69. The molecule has 4 atom stereocenters. The van der Waals surface area contributed by atoms with Crippen molar-refractivity contribution in [2.75, 3.05) is 13.1 Å². The number of nitrogens with two attached hydrogens (primary N) is 3. The quantitative estimate of drug-likeness (QED) is 0.0372. The summed E-state index contributed by atoms with van der Waals surface area (Å²) in [7, 11) is 0. The van der Waals surface area contributed by atoms with Gasteiger partial charge in [0.15, 0.2) is 5.96 Å². The van der Waals surface area contributed by atoms with E-state index in [9.17, 15) is 48.9 Å². The molecule has 0 aliphatic carbocycles. The number of carbonyl (C=O) groups is 7. The number of aliphatic imine (C=N–C) groups is 1. The van der Waals surface area contributed by atoms with E-state index >= 15 is 0 Å². The number of carboxylic acid groups (broad SMARTS) is 3. The summed E-state index contributed by atoms with van der Waals surface area (Å²) in [6, 6.07) is -0.528. The summed E-state index contributed by atoms with van der Waals surface area (Å²) in [5, 5.41) is 46.0. The molecular formula is C26H38N8O11. The van der Waals surface area contributed by atoms with Gasteiger partial charge in [-0.05, 0) is 37.0 Å². The monoisotopic (exact) mass is 638 g/mol. The Labute approximate surface area is 256 Å². The zero-order valence-electron chi connectivity index (χ0n) is 24.1. The molecule has 0 saturated carbocycles. The highest BCUT2D eigenvalue weighted by atomic mass is 16.4. The highest BCUT2D eigenvalue weighted by Gasteiger charge is 2.31. The summed E-state index contributed by atoms with van der Waals surface area (Å²) in [5.41, 5.74) is 16.6. The molecule has 19 heteroatoms. The Morgan fingerprint density at radius 3 is 1.93 bits per heavy atom. The number of nitrogens with zero attached hydrogens (tertiary/aromatic N) is 1. The molecule has 0 bridgehead atoms. The van der Waals surface area contributed by atoms with E-state index in [0.717, 1.165) is 0 Å². The van der Waals surface area contributed by atoms with E-state index in [1.807, 2.05) is 0 Å². The molecule has 0 radical (unpaired) electrons. The lowest BCUT2D eigenvalue weighted by Crippen LogP contribution is -2.57. The highest BCUT2D eigenvalue weighted by Crippen LogP contribution is 2.12. The molecule has 0 saturated heterocycles. The average molecular weight is 639 g/mol. The van der Waals surface area contributed by atoms with Crippen molar-refractivity contribution in [2.45, 2.75) is 62.7 Å². The Morgan fingerprint density at radius 1 is 0.778 bits per heavy atom. The Bertz CT molecular complexity index is 1250. The van der Waals surface area contributed by atoms with Gasteiger partial charge in [0.25, 0.3) is 0 Å². The largest absolute Gasteiger partial charge is 0.508 e. The first-order valence-electron chi connectivity index (χ1n) is 13.5. The van der Waals surface area contributed by atoms with Crippen LogP contribution in [0.1, 0.15) is 37.7 Å². The Kier molecular flexibility index (Phi) is 15.8. The van der Waals surface area contributed by atoms with Gasteiger partial charge in [-0.1, -0.05) is 12.1 Å². The fourth-order valence-corrected chi connectivity index (χ4v) is 3.73. The number of phenols is 1. The van der Waals surface area contributed by atoms with Crippen molar-refractivity contribution >= 4 is 47.5 Å². The number of hydrogen-bond donors (Lipinski definition) is 11. The van der Waals surface area contributed by atoms with Gasteiger partial charge in [-0.3, -0.25) is 33.8 Å². The van der Waals surface area contributed by atoms with Crippen LogP contribution in [0.15, 0.2) is 29.3 Å². The van der Waals surface area contributed by atoms with Crippen LogP contribution in [0.2, 0.25) is 0 Å². The SMILES string of the molecule is NC(N)=NCCC[C@H](N)C(=O)NCC(=O)N[C@@H](CC(=O)O)C(=O)N[C@H](Cc1ccc(O)cc1)C(=O)N[C@@H](CCC(=O)O)C(=O)O. The van der Waals surface area contributed by atoms with Crippen LogP contribution < -0.4 is 38.5 Å². The summed E-state index contributed by atoms with van der Waals surface area (Å²) >= 11 is 0. The number of rotatable bonds is 20. The Hall–Kier alpha value is -5.46. The summed E-state index contributed by atoms with van der Waals surface area (Å²) in [5.74, 6) is -8.43. The molecule has 0 aliphatic heterocycles. The first-order chi connectivity index (χ1) is 21.1. The van der Waals surface area contributed by atoms with E-state index in [1.165, 1.54) is 24.3 Å². The van der Waals surface area contributed by atoms with Gasteiger partial charge in [0.05, 0.1) is 19.0 Å². The molecule has 0 spiro atoms. The molecule has 0 unspecified atom stereocenters. The van der Waals surface area contributed by atoms with Crippen LogP contribution in [0.5, 0.6) is 5.75 Å². The van der Waals surface area contributed by atoms with Crippen LogP contribution in [0.3, 0.4) is 0 Å². The fourth-order valence-electron chi connectivity index (χ4n) is 3.73. The number of benzene rings is 1. The zero-order chi connectivity index (χ0) is 34.1. The van der Waals surface area contributed by atoms with Gasteiger partial charge in [0, 0.05) is 19.4 Å². The van der Waals surface area contributed by atoms with Crippen LogP contribution in [0, 0.1) is 0 Å². The maximum atomic E-state index is 13.1. The fraction of sp³-hybridized carbons (Fsp3) is 0.462. The van der Waals surface area contributed by atoms with Gasteiger partial charge in [-0.25, -0.2) is 4.79 Å². The van der Waals surface area contributed by atoms with Crippen molar-refractivity contribution < 1.29 is 54.0 Å². The van der Waals surface area contributed by atoms with Crippen LogP contribution in [0.4, 0.5) is 0 Å². The molecule has 248 valence electrons. The van der Waals surface area contributed by atoms with Crippen molar-refractivity contribution in [3.05, 3.63) is 29.8 Å². The van der Waals surface area contributed by atoms with Crippen molar-refractivity contribution in [1.29, 1.82) is 0 Å². The first kappa shape index (κ1) is 37.6. The predicted molar refractivity (Wildman–Crippen MR) is 155 cm³/mol. The van der Waals surface area contributed by atoms with Gasteiger partial charge < -0.3 is 58.9 Å².